The van der Waals surface area contributed by atoms with Crippen molar-refractivity contribution < 1.29 is 14.0 Å². The molecule has 144 valence electrons. The Morgan fingerprint density at radius 3 is 2.78 bits per heavy atom. The Kier molecular flexibility index (Phi) is 7.08. The number of nitrogens with one attached hydrogen (secondary N) is 1. The second kappa shape index (κ2) is 9.95. The molecule has 1 N–H and O–H groups in total. The molecular formula is C22H28N2O3. The highest BCUT2D eigenvalue weighted by atomic mass is 16.3. The molecule has 1 aromatic heterocycles. The molecule has 1 aliphatic rings. The zero-order chi connectivity index (χ0) is 18.9. The number of furan rings is 1. The molecule has 0 unspecified atom stereocenters. The van der Waals surface area contributed by atoms with Crippen molar-refractivity contribution in [2.24, 2.45) is 0 Å². The molecule has 1 fully saturated rings. The zero-order valence-electron chi connectivity index (χ0n) is 15.8. The lowest BCUT2D eigenvalue weighted by atomic mass is 10.2. The molecule has 0 spiro atoms. The Balaban J connectivity index is 1.34. The van der Waals surface area contributed by atoms with Crippen LogP contribution < -0.4 is 5.32 Å². The van der Waals surface area contributed by atoms with Gasteiger partial charge in [-0.1, -0.05) is 36.8 Å². The van der Waals surface area contributed by atoms with Crippen LogP contribution in [0.5, 0.6) is 0 Å². The van der Waals surface area contributed by atoms with E-state index in [2.05, 4.69) is 5.32 Å². The van der Waals surface area contributed by atoms with Crippen molar-refractivity contribution in [2.75, 3.05) is 19.6 Å². The predicted molar refractivity (Wildman–Crippen MR) is 105 cm³/mol. The minimum atomic E-state index is 0.0230. The first-order chi connectivity index (χ1) is 13.2. The van der Waals surface area contributed by atoms with Crippen molar-refractivity contribution in [3.8, 4) is 11.3 Å². The fraction of sp³-hybridized carbons (Fsp3) is 0.455. The molecule has 27 heavy (non-hydrogen) atoms. The summed E-state index contributed by atoms with van der Waals surface area (Å²) >= 11 is 0. The molecule has 1 aromatic carbocycles. The molecule has 2 heterocycles. The van der Waals surface area contributed by atoms with Gasteiger partial charge in [-0.3, -0.25) is 9.59 Å². The number of rotatable bonds is 8. The van der Waals surface area contributed by atoms with Crippen LogP contribution in [0.4, 0.5) is 0 Å². The smallest absolute Gasteiger partial charge is 0.222 e. The van der Waals surface area contributed by atoms with Gasteiger partial charge in [0.15, 0.2) is 0 Å². The summed E-state index contributed by atoms with van der Waals surface area (Å²) in [4.78, 5) is 25.9. The van der Waals surface area contributed by atoms with Crippen LogP contribution in [0.25, 0.3) is 11.3 Å². The third-order valence-electron chi connectivity index (χ3n) is 4.92. The second-order valence-corrected chi connectivity index (χ2v) is 7.03. The summed E-state index contributed by atoms with van der Waals surface area (Å²) in [6, 6.07) is 13.8. The number of nitrogens with zero attached hydrogens (tertiary/aromatic N) is 1. The lowest BCUT2D eigenvalue weighted by Crippen LogP contribution is -2.34. The van der Waals surface area contributed by atoms with Gasteiger partial charge < -0.3 is 14.6 Å². The van der Waals surface area contributed by atoms with Gasteiger partial charge in [0.25, 0.3) is 0 Å². The molecule has 5 nitrogen and oxygen atoms in total. The van der Waals surface area contributed by atoms with Gasteiger partial charge in [-0.25, -0.2) is 0 Å². The molecule has 1 aliphatic heterocycles. The van der Waals surface area contributed by atoms with Gasteiger partial charge in [-0.05, 0) is 31.4 Å². The normalized spacial score (nSPS) is 14.8. The van der Waals surface area contributed by atoms with Gasteiger partial charge in [0, 0.05) is 44.5 Å². The summed E-state index contributed by atoms with van der Waals surface area (Å²) in [6.07, 6.45) is 5.69. The molecule has 1 saturated heterocycles. The molecule has 3 rings (SSSR count). The number of likely N-dealkylation sites (tertiary alicyclic amines) is 1. The first kappa shape index (κ1) is 19.2. The maximum Gasteiger partial charge on any atom is 0.222 e. The number of amides is 2. The number of hydrogen-bond acceptors (Lipinski definition) is 3. The minimum absolute atomic E-state index is 0.0230. The van der Waals surface area contributed by atoms with Crippen LogP contribution in [0.15, 0.2) is 46.9 Å². The Bertz CT molecular complexity index is 739. The highest BCUT2D eigenvalue weighted by Crippen LogP contribution is 2.22. The molecule has 2 amide bonds. The molecule has 0 radical (unpaired) electrons. The van der Waals surface area contributed by atoms with Crippen LogP contribution in [0.3, 0.4) is 0 Å². The predicted octanol–water partition coefficient (Wildman–Crippen LogP) is 3.79. The molecule has 0 bridgehead atoms. The van der Waals surface area contributed by atoms with Crippen molar-refractivity contribution in [3.05, 3.63) is 48.2 Å². The Morgan fingerprint density at radius 2 is 1.93 bits per heavy atom. The number of benzene rings is 1. The molecule has 2 aromatic rings. The van der Waals surface area contributed by atoms with E-state index >= 15 is 0 Å². The summed E-state index contributed by atoms with van der Waals surface area (Å²) in [5.41, 5.74) is 1.04. The first-order valence-corrected chi connectivity index (χ1v) is 9.91. The fourth-order valence-corrected chi connectivity index (χ4v) is 3.37. The van der Waals surface area contributed by atoms with E-state index in [1.54, 1.807) is 0 Å². The van der Waals surface area contributed by atoms with Crippen LogP contribution in [0, 0.1) is 0 Å². The van der Waals surface area contributed by atoms with Gasteiger partial charge in [0.2, 0.25) is 11.8 Å². The van der Waals surface area contributed by atoms with Crippen molar-refractivity contribution >= 4 is 11.8 Å². The third-order valence-corrected chi connectivity index (χ3v) is 4.92. The van der Waals surface area contributed by atoms with Crippen LogP contribution in [0.2, 0.25) is 0 Å². The van der Waals surface area contributed by atoms with Gasteiger partial charge in [-0.2, -0.15) is 0 Å². The average molecular weight is 368 g/mol. The van der Waals surface area contributed by atoms with Crippen molar-refractivity contribution in [1.82, 2.24) is 10.2 Å². The van der Waals surface area contributed by atoms with E-state index in [-0.39, 0.29) is 11.8 Å². The lowest BCUT2D eigenvalue weighted by Gasteiger charge is -2.20. The molecule has 0 atom stereocenters. The highest BCUT2D eigenvalue weighted by Gasteiger charge is 2.15. The van der Waals surface area contributed by atoms with E-state index in [0.29, 0.717) is 25.8 Å². The molecule has 5 heteroatoms. The monoisotopic (exact) mass is 368 g/mol. The number of carbonyl (C=O) groups excluding carboxylic acids is 2. The SMILES string of the molecule is O=C(CCc1ccc(-c2ccccc2)o1)NCCCN1CCCCCC1=O. The summed E-state index contributed by atoms with van der Waals surface area (Å²) in [7, 11) is 0. The van der Waals surface area contributed by atoms with E-state index in [1.165, 1.54) is 0 Å². The number of carbonyl (C=O) groups is 2. The van der Waals surface area contributed by atoms with Gasteiger partial charge >= 0.3 is 0 Å². The largest absolute Gasteiger partial charge is 0.461 e. The van der Waals surface area contributed by atoms with E-state index in [0.717, 1.165) is 55.9 Å². The van der Waals surface area contributed by atoms with Gasteiger partial charge in [-0.15, -0.1) is 0 Å². The van der Waals surface area contributed by atoms with Crippen LogP contribution >= 0.6 is 0 Å². The minimum Gasteiger partial charge on any atom is -0.461 e. The van der Waals surface area contributed by atoms with E-state index in [4.69, 9.17) is 4.42 Å². The summed E-state index contributed by atoms with van der Waals surface area (Å²) in [5, 5.41) is 2.94. The van der Waals surface area contributed by atoms with E-state index in [1.807, 2.05) is 47.4 Å². The highest BCUT2D eigenvalue weighted by molar-refractivity contribution is 5.76. The second-order valence-electron chi connectivity index (χ2n) is 7.03. The summed E-state index contributed by atoms with van der Waals surface area (Å²) in [6.45, 7) is 2.20. The van der Waals surface area contributed by atoms with Crippen molar-refractivity contribution in [3.63, 3.8) is 0 Å². The number of aryl methyl sites for hydroxylation is 1. The number of hydrogen-bond donors (Lipinski definition) is 1. The first-order valence-electron chi connectivity index (χ1n) is 9.91. The zero-order valence-corrected chi connectivity index (χ0v) is 15.8. The quantitative estimate of drug-likeness (QED) is 0.721. The van der Waals surface area contributed by atoms with Gasteiger partial charge in [0.1, 0.15) is 11.5 Å². The third kappa shape index (κ3) is 5.98. The summed E-state index contributed by atoms with van der Waals surface area (Å²) < 4.78 is 5.82. The van der Waals surface area contributed by atoms with Crippen LogP contribution in [-0.2, 0) is 16.0 Å². The Labute approximate surface area is 160 Å². The van der Waals surface area contributed by atoms with Crippen molar-refractivity contribution in [1.29, 1.82) is 0 Å². The molecule has 0 saturated carbocycles. The fourth-order valence-electron chi connectivity index (χ4n) is 3.37. The Hall–Kier alpha value is -2.56. The van der Waals surface area contributed by atoms with E-state index < -0.39 is 0 Å². The molecule has 0 aliphatic carbocycles. The van der Waals surface area contributed by atoms with E-state index in [9.17, 15) is 9.59 Å². The summed E-state index contributed by atoms with van der Waals surface area (Å²) in [5.74, 6) is 1.92. The maximum absolute atomic E-state index is 12.0. The van der Waals surface area contributed by atoms with Crippen LogP contribution in [-0.4, -0.2) is 36.3 Å². The standard InChI is InChI=1S/C22H28N2O3/c25-21(23-15-7-17-24-16-6-2-5-10-22(24)26)14-12-19-11-13-20(27-19)18-8-3-1-4-9-18/h1,3-4,8-9,11,13H,2,5-7,10,12,14-17H2,(H,23,25). The lowest BCUT2D eigenvalue weighted by molar-refractivity contribution is -0.130. The maximum atomic E-state index is 12.0. The molecular weight excluding hydrogens is 340 g/mol. The van der Waals surface area contributed by atoms with Gasteiger partial charge in [0.05, 0.1) is 0 Å². The van der Waals surface area contributed by atoms with Crippen molar-refractivity contribution in [2.45, 2.75) is 44.9 Å². The Morgan fingerprint density at radius 1 is 1.07 bits per heavy atom. The van der Waals surface area contributed by atoms with Crippen LogP contribution in [0.1, 0.15) is 44.3 Å². The topological polar surface area (TPSA) is 62.6 Å². The average Bonchev–Trinajstić information content (AvgIpc) is 3.08.